The average molecular weight is 371 g/mol. The molecule has 1 aliphatic heterocycles. The number of rotatable bonds is 5. The minimum Gasteiger partial charge on any atom is -0.496 e. The number of hydrogen-bond acceptors (Lipinski definition) is 5. The highest BCUT2D eigenvalue weighted by molar-refractivity contribution is 8.27. The fourth-order valence-electron chi connectivity index (χ4n) is 2.48. The van der Waals surface area contributed by atoms with E-state index in [4.69, 9.17) is 21.7 Å². The van der Waals surface area contributed by atoms with E-state index in [9.17, 15) is 4.79 Å². The SMILES string of the molecule is CCOc1ccc(N2C(=O)/C(=C\c3ccccc3OC)SC2=S)cc1. The maximum absolute atomic E-state index is 12.8. The number of methoxy groups -OCH3 is 1. The molecule has 3 rings (SSSR count). The summed E-state index contributed by atoms with van der Waals surface area (Å²) < 4.78 is 11.3. The number of benzene rings is 2. The van der Waals surface area contributed by atoms with E-state index in [0.29, 0.717) is 21.6 Å². The quantitative estimate of drug-likeness (QED) is 0.572. The highest BCUT2D eigenvalue weighted by Gasteiger charge is 2.33. The van der Waals surface area contributed by atoms with Crippen LogP contribution in [0.15, 0.2) is 53.4 Å². The zero-order valence-electron chi connectivity index (χ0n) is 13.9. The first-order valence-electron chi connectivity index (χ1n) is 7.78. The van der Waals surface area contributed by atoms with Gasteiger partial charge < -0.3 is 9.47 Å². The Kier molecular flexibility index (Phi) is 5.40. The van der Waals surface area contributed by atoms with Gasteiger partial charge in [-0.15, -0.1) is 0 Å². The maximum atomic E-state index is 12.8. The molecular formula is C19H17NO3S2. The Morgan fingerprint density at radius 1 is 1.16 bits per heavy atom. The van der Waals surface area contributed by atoms with Crippen molar-refractivity contribution in [1.82, 2.24) is 0 Å². The van der Waals surface area contributed by atoms with E-state index in [1.54, 1.807) is 7.11 Å². The lowest BCUT2D eigenvalue weighted by Crippen LogP contribution is -2.27. The van der Waals surface area contributed by atoms with Gasteiger partial charge in [-0.05, 0) is 43.3 Å². The number of para-hydroxylation sites is 1. The van der Waals surface area contributed by atoms with E-state index in [-0.39, 0.29) is 5.91 Å². The van der Waals surface area contributed by atoms with Gasteiger partial charge in [0.2, 0.25) is 0 Å². The maximum Gasteiger partial charge on any atom is 0.270 e. The third kappa shape index (κ3) is 3.70. The van der Waals surface area contributed by atoms with Crippen molar-refractivity contribution >= 4 is 46.0 Å². The molecular weight excluding hydrogens is 354 g/mol. The van der Waals surface area contributed by atoms with Crippen LogP contribution in [0.5, 0.6) is 11.5 Å². The molecule has 128 valence electrons. The van der Waals surface area contributed by atoms with Crippen molar-refractivity contribution in [3.63, 3.8) is 0 Å². The summed E-state index contributed by atoms with van der Waals surface area (Å²) in [7, 11) is 1.61. The fourth-order valence-corrected chi connectivity index (χ4v) is 3.77. The smallest absolute Gasteiger partial charge is 0.270 e. The van der Waals surface area contributed by atoms with E-state index >= 15 is 0 Å². The normalized spacial score (nSPS) is 15.8. The molecule has 2 aromatic carbocycles. The van der Waals surface area contributed by atoms with Crippen LogP contribution >= 0.6 is 24.0 Å². The zero-order chi connectivity index (χ0) is 17.8. The number of anilines is 1. The predicted molar refractivity (Wildman–Crippen MR) is 106 cm³/mol. The molecule has 25 heavy (non-hydrogen) atoms. The first-order chi connectivity index (χ1) is 12.1. The van der Waals surface area contributed by atoms with Gasteiger partial charge in [0.1, 0.15) is 11.5 Å². The van der Waals surface area contributed by atoms with Crippen molar-refractivity contribution in [3.05, 3.63) is 59.0 Å². The van der Waals surface area contributed by atoms with Crippen LogP contribution in [0.4, 0.5) is 5.69 Å². The van der Waals surface area contributed by atoms with Gasteiger partial charge in [-0.25, -0.2) is 0 Å². The average Bonchev–Trinajstić information content (AvgIpc) is 2.90. The molecule has 0 radical (unpaired) electrons. The summed E-state index contributed by atoms with van der Waals surface area (Å²) in [4.78, 5) is 14.9. The Morgan fingerprint density at radius 2 is 1.88 bits per heavy atom. The Labute approximate surface area is 156 Å². The summed E-state index contributed by atoms with van der Waals surface area (Å²) in [6, 6.07) is 14.9. The van der Waals surface area contributed by atoms with Crippen molar-refractivity contribution < 1.29 is 14.3 Å². The second-order valence-electron chi connectivity index (χ2n) is 5.19. The summed E-state index contributed by atoms with van der Waals surface area (Å²) in [5, 5.41) is 0. The molecule has 0 saturated carbocycles. The van der Waals surface area contributed by atoms with Crippen molar-refractivity contribution in [2.75, 3.05) is 18.6 Å². The number of thioether (sulfide) groups is 1. The monoisotopic (exact) mass is 371 g/mol. The Bertz CT molecular complexity index is 831. The van der Waals surface area contributed by atoms with Crippen LogP contribution in [0.2, 0.25) is 0 Å². The van der Waals surface area contributed by atoms with Gasteiger partial charge in [-0.2, -0.15) is 0 Å². The highest BCUT2D eigenvalue weighted by atomic mass is 32.2. The van der Waals surface area contributed by atoms with Gasteiger partial charge in [-0.1, -0.05) is 42.2 Å². The van der Waals surface area contributed by atoms with E-state index in [1.807, 2.05) is 61.5 Å². The molecule has 0 atom stereocenters. The van der Waals surface area contributed by atoms with E-state index in [0.717, 1.165) is 17.0 Å². The van der Waals surface area contributed by atoms with Gasteiger partial charge >= 0.3 is 0 Å². The summed E-state index contributed by atoms with van der Waals surface area (Å²) in [5.74, 6) is 1.35. The van der Waals surface area contributed by atoms with Crippen molar-refractivity contribution in [1.29, 1.82) is 0 Å². The molecule has 1 fully saturated rings. The summed E-state index contributed by atoms with van der Waals surface area (Å²) in [5.41, 5.74) is 1.58. The Balaban J connectivity index is 1.88. The largest absolute Gasteiger partial charge is 0.496 e. The molecule has 0 aromatic heterocycles. The molecule has 0 N–H and O–H groups in total. The zero-order valence-corrected chi connectivity index (χ0v) is 15.5. The van der Waals surface area contributed by atoms with Crippen LogP contribution in [-0.4, -0.2) is 23.9 Å². The lowest BCUT2D eigenvalue weighted by atomic mass is 10.2. The summed E-state index contributed by atoms with van der Waals surface area (Å²) in [6.07, 6.45) is 1.81. The molecule has 0 unspecified atom stereocenters. The van der Waals surface area contributed by atoms with Gasteiger partial charge in [0, 0.05) is 5.56 Å². The van der Waals surface area contributed by atoms with Crippen LogP contribution in [0.25, 0.3) is 6.08 Å². The van der Waals surface area contributed by atoms with Crippen LogP contribution in [-0.2, 0) is 4.79 Å². The summed E-state index contributed by atoms with van der Waals surface area (Å²) in [6.45, 7) is 2.53. The molecule has 2 aromatic rings. The Hall–Kier alpha value is -2.31. The minimum atomic E-state index is -0.134. The van der Waals surface area contributed by atoms with E-state index in [1.165, 1.54) is 16.7 Å². The fraction of sp³-hybridized carbons (Fsp3) is 0.158. The van der Waals surface area contributed by atoms with Gasteiger partial charge in [-0.3, -0.25) is 9.69 Å². The number of ether oxygens (including phenoxy) is 2. The van der Waals surface area contributed by atoms with E-state index < -0.39 is 0 Å². The second kappa shape index (κ2) is 7.72. The predicted octanol–water partition coefficient (Wildman–Crippen LogP) is 4.50. The molecule has 0 spiro atoms. The second-order valence-corrected chi connectivity index (χ2v) is 6.86. The summed E-state index contributed by atoms with van der Waals surface area (Å²) >= 11 is 6.69. The highest BCUT2D eigenvalue weighted by Crippen LogP contribution is 2.37. The number of carbonyl (C=O) groups excluding carboxylic acids is 1. The number of nitrogens with zero attached hydrogens (tertiary/aromatic N) is 1. The Morgan fingerprint density at radius 3 is 2.56 bits per heavy atom. The minimum absolute atomic E-state index is 0.134. The molecule has 1 heterocycles. The molecule has 4 nitrogen and oxygen atoms in total. The van der Waals surface area contributed by atoms with Gasteiger partial charge in [0.15, 0.2) is 4.32 Å². The number of carbonyl (C=O) groups is 1. The van der Waals surface area contributed by atoms with Crippen LogP contribution in [0.3, 0.4) is 0 Å². The van der Waals surface area contributed by atoms with Crippen molar-refractivity contribution in [2.24, 2.45) is 0 Å². The van der Waals surface area contributed by atoms with Gasteiger partial charge in [0.05, 0.1) is 24.3 Å². The van der Waals surface area contributed by atoms with Crippen LogP contribution in [0, 0.1) is 0 Å². The number of amides is 1. The molecule has 1 amide bonds. The third-order valence-corrected chi connectivity index (χ3v) is 4.93. The molecule has 0 bridgehead atoms. The van der Waals surface area contributed by atoms with Crippen LogP contribution in [0.1, 0.15) is 12.5 Å². The number of thiocarbonyl (C=S) groups is 1. The van der Waals surface area contributed by atoms with E-state index in [2.05, 4.69) is 0 Å². The lowest BCUT2D eigenvalue weighted by Gasteiger charge is -2.15. The first kappa shape index (κ1) is 17.5. The molecule has 0 aliphatic carbocycles. The third-order valence-electron chi connectivity index (χ3n) is 3.63. The van der Waals surface area contributed by atoms with Gasteiger partial charge in [0.25, 0.3) is 5.91 Å². The lowest BCUT2D eigenvalue weighted by molar-refractivity contribution is -0.113. The molecule has 6 heteroatoms. The topological polar surface area (TPSA) is 38.8 Å². The molecule has 1 aliphatic rings. The van der Waals surface area contributed by atoms with Crippen LogP contribution < -0.4 is 14.4 Å². The van der Waals surface area contributed by atoms with Crippen molar-refractivity contribution in [3.8, 4) is 11.5 Å². The van der Waals surface area contributed by atoms with Crippen molar-refractivity contribution in [2.45, 2.75) is 6.92 Å². The number of hydrogen-bond donors (Lipinski definition) is 0. The first-order valence-corrected chi connectivity index (χ1v) is 9.00. The molecule has 1 saturated heterocycles. The standard InChI is InChI=1S/C19H17NO3S2/c1-3-23-15-10-8-14(9-11-15)20-18(21)17(25-19(20)24)12-13-6-4-5-7-16(13)22-2/h4-12H,3H2,1-2H3/b17-12+.